The maximum atomic E-state index is 13.3. The molecule has 3 aromatic carbocycles. The molecule has 9 heteroatoms. The number of benzene rings is 3. The first kappa shape index (κ1) is 22.1. The molecule has 4 nitrogen and oxygen atoms in total. The summed E-state index contributed by atoms with van der Waals surface area (Å²) in [5, 5.41) is 1.47. The van der Waals surface area contributed by atoms with Gasteiger partial charge in [-0.25, -0.2) is 3.63 Å². The lowest BCUT2D eigenvalue weighted by Crippen LogP contribution is -2.31. The van der Waals surface area contributed by atoms with Crippen molar-refractivity contribution in [2.45, 2.75) is 35.3 Å². The van der Waals surface area contributed by atoms with Crippen LogP contribution in [0.2, 0.25) is 0 Å². The summed E-state index contributed by atoms with van der Waals surface area (Å²) in [7, 11) is -8.76. The highest BCUT2D eigenvalue weighted by atomic mass is 32.3. The molecule has 0 aliphatic carbocycles. The van der Waals surface area contributed by atoms with Gasteiger partial charge in [-0.3, -0.25) is 0 Å². The van der Waals surface area contributed by atoms with Crippen molar-refractivity contribution in [1.29, 1.82) is 0 Å². The van der Waals surface area contributed by atoms with E-state index in [1.54, 1.807) is 24.3 Å². The van der Waals surface area contributed by atoms with Crippen LogP contribution >= 0.6 is 10.3 Å². The van der Waals surface area contributed by atoms with E-state index < -0.39 is 31.4 Å². The Labute approximate surface area is 180 Å². The van der Waals surface area contributed by atoms with Gasteiger partial charge >= 0.3 is 15.6 Å². The fourth-order valence-electron chi connectivity index (χ4n) is 3.80. The molecule has 1 aliphatic heterocycles. The first-order valence-corrected chi connectivity index (χ1v) is 12.9. The van der Waals surface area contributed by atoms with E-state index in [2.05, 4.69) is 0 Å². The Morgan fingerprint density at radius 3 is 2.35 bits per heavy atom. The molecule has 0 amide bonds. The third-order valence-corrected chi connectivity index (χ3v) is 10.7. The second-order valence-electron chi connectivity index (χ2n) is 7.24. The number of halogens is 3. The average Bonchev–Trinajstić information content (AvgIpc) is 3.14. The topological polar surface area (TPSA) is 52.6 Å². The van der Waals surface area contributed by atoms with Crippen LogP contribution in [0.3, 0.4) is 0 Å². The molecule has 4 rings (SSSR count). The predicted molar refractivity (Wildman–Crippen MR) is 115 cm³/mol. The van der Waals surface area contributed by atoms with E-state index >= 15 is 0 Å². The molecule has 2 atom stereocenters. The van der Waals surface area contributed by atoms with Crippen molar-refractivity contribution in [2.75, 3.05) is 5.75 Å². The third-order valence-electron chi connectivity index (χ3n) is 5.21. The van der Waals surface area contributed by atoms with Gasteiger partial charge < -0.3 is 4.74 Å². The zero-order chi connectivity index (χ0) is 22.1. The maximum Gasteiger partial charge on any atom is 0.523 e. The van der Waals surface area contributed by atoms with Gasteiger partial charge in [0.05, 0.1) is 6.61 Å². The molecule has 1 heterocycles. The molecule has 1 aliphatic rings. The van der Waals surface area contributed by atoms with Gasteiger partial charge in [0.1, 0.15) is 5.44 Å². The van der Waals surface area contributed by atoms with E-state index in [9.17, 15) is 21.6 Å². The van der Waals surface area contributed by atoms with Crippen LogP contribution in [0.1, 0.15) is 18.4 Å². The van der Waals surface area contributed by atoms with E-state index in [4.69, 9.17) is 8.37 Å². The lowest BCUT2D eigenvalue weighted by Gasteiger charge is -2.40. The number of fused-ring (bicyclic) bond motifs is 1. The van der Waals surface area contributed by atoms with Gasteiger partial charge in [-0.15, -0.1) is 0 Å². The van der Waals surface area contributed by atoms with E-state index in [1.807, 2.05) is 48.5 Å². The molecule has 3 aromatic rings. The van der Waals surface area contributed by atoms with Gasteiger partial charge in [0.25, 0.3) is 0 Å². The van der Waals surface area contributed by atoms with Crippen molar-refractivity contribution >= 4 is 31.2 Å². The van der Waals surface area contributed by atoms with Crippen molar-refractivity contribution in [3.05, 3.63) is 78.4 Å². The molecule has 1 fully saturated rings. The molecule has 0 aromatic heterocycles. The number of rotatable bonds is 6. The number of alkyl halides is 3. The molecule has 166 valence electrons. The molecule has 0 spiro atoms. The van der Waals surface area contributed by atoms with Crippen molar-refractivity contribution in [1.82, 2.24) is 0 Å². The zero-order valence-electron chi connectivity index (χ0n) is 16.4. The smallest absolute Gasteiger partial charge is 0.362 e. The van der Waals surface area contributed by atoms with Gasteiger partial charge in [0, 0.05) is 10.6 Å². The second-order valence-corrected chi connectivity index (χ2v) is 12.0. The van der Waals surface area contributed by atoms with E-state index in [0.29, 0.717) is 23.1 Å². The van der Waals surface area contributed by atoms with Crippen LogP contribution in [0.15, 0.2) is 77.7 Å². The molecule has 31 heavy (non-hydrogen) atoms. The minimum atomic E-state index is -5.82. The van der Waals surface area contributed by atoms with Gasteiger partial charge in [0.15, 0.2) is 0 Å². The number of ether oxygens (including phenoxy) is 1. The standard InChI is InChI=1S/C22H21F3O4S2/c23-22(24,25)31(26,27)29-30(20-13-6-11-18-10-4-5-12-19(18)20)15-7-14-21(30)28-16-17-8-2-1-3-9-17/h1-6,8-13,21H,7,14-16H2. The van der Waals surface area contributed by atoms with Crippen LogP contribution in [0, 0.1) is 0 Å². The average molecular weight is 471 g/mol. The Hall–Kier alpha value is -2.07. The Morgan fingerprint density at radius 2 is 1.61 bits per heavy atom. The highest BCUT2D eigenvalue weighted by Crippen LogP contribution is 2.69. The van der Waals surface area contributed by atoms with Crippen molar-refractivity contribution in [2.24, 2.45) is 0 Å². The van der Waals surface area contributed by atoms with Gasteiger partial charge in [-0.1, -0.05) is 77.0 Å². The molecule has 2 unspecified atom stereocenters. The molecule has 0 radical (unpaired) electrons. The summed E-state index contributed by atoms with van der Waals surface area (Å²) in [6, 6.07) is 21.6. The number of hydrogen-bond donors (Lipinski definition) is 0. The van der Waals surface area contributed by atoms with Crippen molar-refractivity contribution in [3.63, 3.8) is 0 Å². The van der Waals surface area contributed by atoms with Crippen LogP contribution < -0.4 is 0 Å². The molecular formula is C22H21F3O4S2. The van der Waals surface area contributed by atoms with Gasteiger partial charge in [-0.2, -0.15) is 21.6 Å². The Kier molecular flexibility index (Phi) is 6.04. The summed E-state index contributed by atoms with van der Waals surface area (Å²) in [6.07, 6.45) is 0.921. The summed E-state index contributed by atoms with van der Waals surface area (Å²) >= 11 is 0. The van der Waals surface area contributed by atoms with E-state index in [1.165, 1.54) is 0 Å². The largest absolute Gasteiger partial charge is 0.523 e. The minimum Gasteiger partial charge on any atom is -0.362 e. The highest BCUT2D eigenvalue weighted by molar-refractivity contribution is 8.33. The molecule has 1 saturated heterocycles. The summed E-state index contributed by atoms with van der Waals surface area (Å²) in [4.78, 5) is 0.467. The van der Waals surface area contributed by atoms with Crippen LogP contribution in [0.5, 0.6) is 0 Å². The maximum absolute atomic E-state index is 13.3. The summed E-state index contributed by atoms with van der Waals surface area (Å²) < 4.78 is 75.5. The van der Waals surface area contributed by atoms with Crippen molar-refractivity contribution in [3.8, 4) is 0 Å². The first-order chi connectivity index (χ1) is 14.7. The SMILES string of the molecule is O=S(=O)(OS1(c2cccc3ccccc23)CCCC1OCc1ccccc1)C(F)(F)F. The van der Waals surface area contributed by atoms with Gasteiger partial charge in [-0.05, 0) is 35.2 Å². The van der Waals surface area contributed by atoms with E-state index in [0.717, 1.165) is 10.9 Å². The van der Waals surface area contributed by atoms with Crippen LogP contribution in [0.25, 0.3) is 10.8 Å². The van der Waals surface area contributed by atoms with Crippen LogP contribution in [0.4, 0.5) is 13.2 Å². The third kappa shape index (κ3) is 4.32. The van der Waals surface area contributed by atoms with E-state index in [-0.39, 0.29) is 12.4 Å². The molecular weight excluding hydrogens is 449 g/mol. The van der Waals surface area contributed by atoms with Gasteiger partial charge in [0.2, 0.25) is 0 Å². The first-order valence-electron chi connectivity index (χ1n) is 9.68. The summed E-state index contributed by atoms with van der Waals surface area (Å²) in [5.74, 6) is 0.176. The molecule has 0 saturated carbocycles. The second kappa shape index (κ2) is 8.46. The molecule has 0 bridgehead atoms. The number of hydrogen-bond acceptors (Lipinski definition) is 4. The lowest BCUT2D eigenvalue weighted by molar-refractivity contribution is -0.0498. The highest BCUT2D eigenvalue weighted by Gasteiger charge is 2.55. The quantitative estimate of drug-likeness (QED) is 0.407. The van der Waals surface area contributed by atoms with Crippen LogP contribution in [-0.2, 0) is 25.1 Å². The van der Waals surface area contributed by atoms with Crippen molar-refractivity contribution < 1.29 is 30.0 Å². The zero-order valence-corrected chi connectivity index (χ0v) is 18.1. The summed E-state index contributed by atoms with van der Waals surface area (Å²) in [6.45, 7) is 0.153. The Bertz CT molecular complexity index is 1160. The normalized spacial score (nSPS) is 24.2. The fraction of sp³-hybridized carbons (Fsp3) is 0.273. The minimum absolute atomic E-state index is 0.153. The Morgan fingerprint density at radius 1 is 0.935 bits per heavy atom. The fourth-order valence-corrected chi connectivity index (χ4v) is 9.37. The predicted octanol–water partition coefficient (Wildman–Crippen LogP) is 6.12. The Balaban J connectivity index is 1.81. The lowest BCUT2D eigenvalue weighted by atomic mass is 10.1. The summed E-state index contributed by atoms with van der Waals surface area (Å²) in [5.41, 5.74) is -5.45. The monoisotopic (exact) mass is 470 g/mol. The van der Waals surface area contributed by atoms with Crippen LogP contribution in [-0.4, -0.2) is 25.1 Å². The molecule has 0 N–H and O–H groups in total.